The van der Waals surface area contributed by atoms with Crippen LogP contribution in [0.1, 0.15) is 20.3 Å². The first-order valence-corrected chi connectivity index (χ1v) is 3.46. The van der Waals surface area contributed by atoms with E-state index in [9.17, 15) is 14.7 Å². The van der Waals surface area contributed by atoms with E-state index in [1.165, 1.54) is 6.92 Å². The zero-order chi connectivity index (χ0) is 9.94. The molecule has 0 aliphatic heterocycles. The molecular formula is C7H12O5. The third-order valence-electron chi connectivity index (χ3n) is 1.87. The predicted octanol–water partition coefficient (Wildman–Crippen LogP) is -0.0672. The van der Waals surface area contributed by atoms with Gasteiger partial charge >= 0.3 is 11.9 Å². The fourth-order valence-corrected chi connectivity index (χ4v) is 0.671. The highest BCUT2D eigenvalue weighted by atomic mass is 16.4. The highest BCUT2D eigenvalue weighted by molar-refractivity contribution is 5.78. The van der Waals surface area contributed by atoms with Gasteiger partial charge in [0.25, 0.3) is 0 Å². The Kier molecular flexibility index (Phi) is 3.21. The summed E-state index contributed by atoms with van der Waals surface area (Å²) < 4.78 is 0. The van der Waals surface area contributed by atoms with Crippen molar-refractivity contribution in [1.82, 2.24) is 0 Å². The zero-order valence-electron chi connectivity index (χ0n) is 6.94. The summed E-state index contributed by atoms with van der Waals surface area (Å²) in [5.74, 6) is -3.34. The van der Waals surface area contributed by atoms with Gasteiger partial charge in [-0.1, -0.05) is 6.92 Å². The van der Waals surface area contributed by atoms with Crippen LogP contribution < -0.4 is 0 Å². The maximum absolute atomic E-state index is 10.4. The molecular weight excluding hydrogens is 164 g/mol. The minimum Gasteiger partial charge on any atom is -0.481 e. The summed E-state index contributed by atoms with van der Waals surface area (Å²) in [7, 11) is 0. The van der Waals surface area contributed by atoms with E-state index in [4.69, 9.17) is 10.2 Å². The molecule has 0 aliphatic carbocycles. The Morgan fingerprint density at radius 2 is 1.83 bits per heavy atom. The lowest BCUT2D eigenvalue weighted by atomic mass is 9.88. The van der Waals surface area contributed by atoms with Crippen LogP contribution in [0, 0.1) is 5.92 Å². The van der Waals surface area contributed by atoms with Gasteiger partial charge < -0.3 is 15.3 Å². The van der Waals surface area contributed by atoms with Gasteiger partial charge in [0.05, 0.1) is 6.42 Å². The van der Waals surface area contributed by atoms with Gasteiger partial charge in [-0.05, 0) is 6.92 Å². The summed E-state index contributed by atoms with van der Waals surface area (Å²) in [6.45, 7) is 2.46. The molecule has 0 aromatic heterocycles. The molecule has 2 unspecified atom stereocenters. The van der Waals surface area contributed by atoms with Crippen LogP contribution in [-0.2, 0) is 9.59 Å². The number of carboxylic acid groups (broad SMARTS) is 2. The Morgan fingerprint density at radius 3 is 2.08 bits per heavy atom. The molecule has 0 rings (SSSR count). The molecule has 5 heteroatoms. The predicted molar refractivity (Wildman–Crippen MR) is 39.7 cm³/mol. The van der Waals surface area contributed by atoms with Crippen molar-refractivity contribution in [3.63, 3.8) is 0 Å². The van der Waals surface area contributed by atoms with E-state index in [1.807, 2.05) is 0 Å². The van der Waals surface area contributed by atoms with Crippen LogP contribution in [-0.4, -0.2) is 32.9 Å². The lowest BCUT2D eigenvalue weighted by Gasteiger charge is -2.23. The zero-order valence-corrected chi connectivity index (χ0v) is 6.94. The Hall–Kier alpha value is -1.10. The van der Waals surface area contributed by atoms with E-state index in [2.05, 4.69) is 0 Å². The average Bonchev–Trinajstić information content (AvgIpc) is 1.85. The quantitative estimate of drug-likeness (QED) is 0.557. The Labute approximate surface area is 69.6 Å². The summed E-state index contributed by atoms with van der Waals surface area (Å²) in [6, 6.07) is 0. The maximum atomic E-state index is 10.4. The van der Waals surface area contributed by atoms with Crippen LogP contribution in [0.15, 0.2) is 0 Å². The lowest BCUT2D eigenvalue weighted by molar-refractivity contribution is -0.163. The summed E-state index contributed by atoms with van der Waals surface area (Å²) in [5.41, 5.74) is -1.97. The molecule has 0 aliphatic rings. The van der Waals surface area contributed by atoms with E-state index in [-0.39, 0.29) is 6.42 Å². The second-order valence-corrected chi connectivity index (χ2v) is 2.95. The minimum absolute atomic E-state index is 0.362. The molecule has 0 saturated heterocycles. The second-order valence-electron chi connectivity index (χ2n) is 2.95. The van der Waals surface area contributed by atoms with Crippen LogP contribution >= 0.6 is 0 Å². The fraction of sp³-hybridized carbons (Fsp3) is 0.714. The van der Waals surface area contributed by atoms with E-state index >= 15 is 0 Å². The van der Waals surface area contributed by atoms with E-state index in [1.54, 1.807) is 0 Å². The van der Waals surface area contributed by atoms with Crippen molar-refractivity contribution >= 4 is 11.9 Å². The van der Waals surface area contributed by atoms with Crippen LogP contribution in [0.2, 0.25) is 0 Å². The first-order valence-electron chi connectivity index (χ1n) is 3.46. The Morgan fingerprint density at radius 1 is 1.42 bits per heavy atom. The summed E-state index contributed by atoms with van der Waals surface area (Å²) in [4.78, 5) is 20.6. The van der Waals surface area contributed by atoms with Crippen molar-refractivity contribution in [2.24, 2.45) is 5.92 Å². The fourth-order valence-electron chi connectivity index (χ4n) is 0.671. The highest BCUT2D eigenvalue weighted by Gasteiger charge is 2.37. The third-order valence-corrected chi connectivity index (χ3v) is 1.87. The summed E-state index contributed by atoms with van der Waals surface area (Å²) >= 11 is 0. The average molecular weight is 176 g/mol. The van der Waals surface area contributed by atoms with Gasteiger partial charge in [-0.25, -0.2) is 4.79 Å². The molecule has 70 valence electrons. The molecule has 2 atom stereocenters. The minimum atomic E-state index is -1.97. The van der Waals surface area contributed by atoms with Gasteiger partial charge in [0, 0.05) is 5.92 Å². The smallest absolute Gasteiger partial charge is 0.335 e. The number of aliphatic hydroxyl groups is 1. The number of carbonyl (C=O) groups is 2. The Bertz CT molecular complexity index is 196. The molecule has 0 spiro atoms. The number of aliphatic carboxylic acids is 2. The van der Waals surface area contributed by atoms with E-state index in [0.717, 1.165) is 6.92 Å². The highest BCUT2D eigenvalue weighted by Crippen LogP contribution is 2.20. The first-order chi connectivity index (χ1) is 5.28. The van der Waals surface area contributed by atoms with Crippen molar-refractivity contribution in [3.05, 3.63) is 0 Å². The number of rotatable bonds is 4. The molecule has 5 nitrogen and oxygen atoms in total. The monoisotopic (exact) mass is 176 g/mol. The molecule has 0 bridgehead atoms. The van der Waals surface area contributed by atoms with Crippen molar-refractivity contribution in [3.8, 4) is 0 Å². The molecule has 0 aromatic carbocycles. The van der Waals surface area contributed by atoms with Crippen molar-refractivity contribution in [2.45, 2.75) is 25.9 Å². The maximum Gasteiger partial charge on any atom is 0.335 e. The molecule has 3 N–H and O–H groups in total. The van der Waals surface area contributed by atoms with Crippen LogP contribution in [0.3, 0.4) is 0 Å². The largest absolute Gasteiger partial charge is 0.481 e. The molecule has 0 radical (unpaired) electrons. The van der Waals surface area contributed by atoms with Gasteiger partial charge in [-0.2, -0.15) is 0 Å². The number of hydrogen-bond acceptors (Lipinski definition) is 3. The van der Waals surface area contributed by atoms with E-state index in [0.29, 0.717) is 0 Å². The topological polar surface area (TPSA) is 94.8 Å². The van der Waals surface area contributed by atoms with E-state index < -0.39 is 23.5 Å². The Balaban J connectivity index is 4.35. The molecule has 0 saturated carbocycles. The second kappa shape index (κ2) is 3.53. The number of carboxylic acids is 2. The van der Waals surface area contributed by atoms with Gasteiger partial charge in [0.15, 0.2) is 5.60 Å². The van der Waals surface area contributed by atoms with Crippen molar-refractivity contribution in [2.75, 3.05) is 0 Å². The van der Waals surface area contributed by atoms with Crippen LogP contribution in [0.25, 0.3) is 0 Å². The molecule has 12 heavy (non-hydrogen) atoms. The molecule has 0 amide bonds. The van der Waals surface area contributed by atoms with Crippen molar-refractivity contribution < 1.29 is 24.9 Å². The van der Waals surface area contributed by atoms with Gasteiger partial charge in [0.2, 0.25) is 0 Å². The van der Waals surface area contributed by atoms with Gasteiger partial charge in [-0.3, -0.25) is 4.79 Å². The summed E-state index contributed by atoms with van der Waals surface area (Å²) in [6.07, 6.45) is -0.362. The molecule has 0 heterocycles. The van der Waals surface area contributed by atoms with Crippen LogP contribution in [0.4, 0.5) is 0 Å². The SMILES string of the molecule is CC(CC(=O)O)C(C)(O)C(=O)O. The van der Waals surface area contributed by atoms with Crippen molar-refractivity contribution in [1.29, 1.82) is 0 Å². The summed E-state index contributed by atoms with van der Waals surface area (Å²) in [5, 5.41) is 26.1. The molecule has 0 fully saturated rings. The normalized spacial score (nSPS) is 17.9. The number of hydrogen-bond donors (Lipinski definition) is 3. The van der Waals surface area contributed by atoms with Crippen LogP contribution in [0.5, 0.6) is 0 Å². The standard InChI is InChI=1S/C7H12O5/c1-4(3-5(8)9)7(2,12)6(10)11/h4,12H,3H2,1-2H3,(H,8,9)(H,10,11). The lowest BCUT2D eigenvalue weighted by Crippen LogP contribution is -2.42. The third kappa shape index (κ3) is 2.50. The van der Waals surface area contributed by atoms with Gasteiger partial charge in [0.1, 0.15) is 0 Å². The molecule has 0 aromatic rings. The first kappa shape index (κ1) is 10.9. The van der Waals surface area contributed by atoms with Gasteiger partial charge in [-0.15, -0.1) is 0 Å².